The predicted molar refractivity (Wildman–Crippen MR) is 107 cm³/mol. The van der Waals surface area contributed by atoms with Crippen LogP contribution in [0, 0.1) is 5.92 Å². The molecule has 1 aliphatic heterocycles. The van der Waals surface area contributed by atoms with Gasteiger partial charge in [0.2, 0.25) is 11.7 Å². The third kappa shape index (κ3) is 4.37. The number of benzene rings is 1. The highest BCUT2D eigenvalue weighted by Gasteiger charge is 2.21. The maximum absolute atomic E-state index is 12.6. The number of nitrogens with zero attached hydrogens (tertiary/aromatic N) is 5. The number of rotatable bonds is 4. The van der Waals surface area contributed by atoms with Gasteiger partial charge in [0.25, 0.3) is 11.4 Å². The summed E-state index contributed by atoms with van der Waals surface area (Å²) in [4.78, 5) is 30.9. The molecule has 0 spiro atoms. The van der Waals surface area contributed by atoms with E-state index < -0.39 is 0 Å². The van der Waals surface area contributed by atoms with Crippen LogP contribution in [-0.4, -0.2) is 43.8 Å². The van der Waals surface area contributed by atoms with Crippen molar-refractivity contribution in [2.45, 2.75) is 26.3 Å². The number of hydrogen-bond donors (Lipinski definition) is 0. The Morgan fingerprint density at radius 2 is 2.03 bits per heavy atom. The predicted octanol–water partition coefficient (Wildman–Crippen LogP) is 2.87. The monoisotopic (exact) mass is 413 g/mol. The number of carbonyl (C=O) groups excluding carboxylic acids is 1. The van der Waals surface area contributed by atoms with Crippen LogP contribution < -0.4 is 5.56 Å². The molecule has 0 saturated carbocycles. The van der Waals surface area contributed by atoms with Gasteiger partial charge < -0.3 is 9.42 Å². The van der Waals surface area contributed by atoms with Crippen LogP contribution >= 0.6 is 11.6 Å². The summed E-state index contributed by atoms with van der Waals surface area (Å²) in [6.07, 6.45) is 1.95. The Morgan fingerprint density at radius 1 is 1.24 bits per heavy atom. The maximum Gasteiger partial charge on any atom is 0.278 e. The van der Waals surface area contributed by atoms with Crippen LogP contribution in [0.1, 0.15) is 19.8 Å². The average Bonchev–Trinajstić information content (AvgIpc) is 3.20. The molecule has 0 atom stereocenters. The molecule has 3 heterocycles. The first kappa shape index (κ1) is 19.3. The molecule has 0 unspecified atom stereocenters. The van der Waals surface area contributed by atoms with E-state index in [9.17, 15) is 9.59 Å². The summed E-state index contributed by atoms with van der Waals surface area (Å²) in [5, 5.41) is 8.76. The molecule has 1 fully saturated rings. The van der Waals surface area contributed by atoms with Gasteiger partial charge in [0, 0.05) is 29.7 Å². The van der Waals surface area contributed by atoms with E-state index >= 15 is 0 Å². The minimum Gasteiger partial charge on any atom is -0.341 e. The van der Waals surface area contributed by atoms with Crippen LogP contribution in [0.3, 0.4) is 0 Å². The van der Waals surface area contributed by atoms with Crippen LogP contribution in [0.25, 0.3) is 23.0 Å². The van der Waals surface area contributed by atoms with Crippen molar-refractivity contribution in [1.29, 1.82) is 0 Å². The van der Waals surface area contributed by atoms with Crippen molar-refractivity contribution in [3.63, 3.8) is 0 Å². The number of halogens is 1. The fourth-order valence-corrected chi connectivity index (χ4v) is 3.42. The van der Waals surface area contributed by atoms with Crippen molar-refractivity contribution in [1.82, 2.24) is 24.8 Å². The van der Waals surface area contributed by atoms with Crippen molar-refractivity contribution in [3.05, 3.63) is 51.8 Å². The highest BCUT2D eigenvalue weighted by atomic mass is 35.5. The van der Waals surface area contributed by atoms with Crippen molar-refractivity contribution >= 4 is 17.5 Å². The molecule has 4 rings (SSSR count). The lowest BCUT2D eigenvalue weighted by molar-refractivity contribution is -0.133. The number of hydrogen-bond acceptors (Lipinski definition) is 6. The van der Waals surface area contributed by atoms with Gasteiger partial charge in [-0.3, -0.25) is 9.59 Å². The highest BCUT2D eigenvalue weighted by Crippen LogP contribution is 2.23. The zero-order valence-electron chi connectivity index (χ0n) is 15.9. The summed E-state index contributed by atoms with van der Waals surface area (Å²) >= 11 is 6.00. The van der Waals surface area contributed by atoms with E-state index in [2.05, 4.69) is 22.2 Å². The third-order valence-electron chi connectivity index (χ3n) is 5.02. The molecule has 0 aliphatic carbocycles. The average molecular weight is 414 g/mol. The van der Waals surface area contributed by atoms with Crippen LogP contribution in [0.5, 0.6) is 0 Å². The molecule has 1 saturated heterocycles. The molecular formula is C20H20ClN5O3. The number of amides is 1. The second-order valence-electron chi connectivity index (χ2n) is 7.21. The third-order valence-corrected chi connectivity index (χ3v) is 5.25. The minimum absolute atomic E-state index is 0.115. The van der Waals surface area contributed by atoms with Gasteiger partial charge in [-0.1, -0.05) is 35.8 Å². The van der Waals surface area contributed by atoms with Gasteiger partial charge in [-0.05, 0) is 37.0 Å². The summed E-state index contributed by atoms with van der Waals surface area (Å²) in [5.74, 6) is 1.02. The molecule has 9 heteroatoms. The van der Waals surface area contributed by atoms with E-state index in [1.807, 2.05) is 6.07 Å². The molecule has 150 valence electrons. The van der Waals surface area contributed by atoms with Gasteiger partial charge in [0.05, 0.1) is 0 Å². The zero-order chi connectivity index (χ0) is 20.4. The van der Waals surface area contributed by atoms with Crippen molar-refractivity contribution in [3.8, 4) is 23.0 Å². The lowest BCUT2D eigenvalue weighted by atomic mass is 9.99. The van der Waals surface area contributed by atoms with E-state index in [1.165, 1.54) is 12.1 Å². The Labute approximate surface area is 172 Å². The molecule has 3 aromatic rings. The normalized spacial score (nSPS) is 14.9. The highest BCUT2D eigenvalue weighted by molar-refractivity contribution is 6.30. The van der Waals surface area contributed by atoms with Gasteiger partial charge >= 0.3 is 0 Å². The number of aromatic nitrogens is 4. The van der Waals surface area contributed by atoms with E-state index in [0.717, 1.165) is 17.5 Å². The molecule has 29 heavy (non-hydrogen) atoms. The Kier molecular flexibility index (Phi) is 5.44. The van der Waals surface area contributed by atoms with E-state index in [-0.39, 0.29) is 23.9 Å². The Morgan fingerprint density at radius 3 is 2.79 bits per heavy atom. The molecule has 8 nitrogen and oxygen atoms in total. The van der Waals surface area contributed by atoms with Gasteiger partial charge in [0.15, 0.2) is 0 Å². The molecule has 1 aliphatic rings. The summed E-state index contributed by atoms with van der Waals surface area (Å²) < 4.78 is 6.43. The minimum atomic E-state index is -0.359. The summed E-state index contributed by atoms with van der Waals surface area (Å²) in [6, 6.07) is 9.93. The second kappa shape index (κ2) is 8.16. The van der Waals surface area contributed by atoms with Gasteiger partial charge in [-0.25, -0.2) is 4.68 Å². The van der Waals surface area contributed by atoms with Crippen molar-refractivity contribution in [2.75, 3.05) is 13.1 Å². The maximum atomic E-state index is 12.6. The first-order valence-corrected chi connectivity index (χ1v) is 9.83. The quantitative estimate of drug-likeness (QED) is 0.652. The van der Waals surface area contributed by atoms with Crippen LogP contribution in [0.15, 0.2) is 45.7 Å². The Balaban J connectivity index is 1.54. The SMILES string of the molecule is CC1CCN(C(=O)Cn2nc(-c3nc(-c4cccc(Cl)c4)no3)ccc2=O)CC1. The fraction of sp³-hybridized carbons (Fsp3) is 0.350. The van der Waals surface area contributed by atoms with Crippen LogP contribution in [0.2, 0.25) is 5.02 Å². The molecule has 0 bridgehead atoms. The van der Waals surface area contributed by atoms with Crippen LogP contribution in [-0.2, 0) is 11.3 Å². The molecule has 1 amide bonds. The molecular weight excluding hydrogens is 394 g/mol. The number of piperidine rings is 1. The lowest BCUT2D eigenvalue weighted by Gasteiger charge is -2.30. The molecule has 2 aromatic heterocycles. The molecule has 0 N–H and O–H groups in total. The molecule has 0 radical (unpaired) electrons. The standard InChI is InChI=1S/C20H20ClN5O3/c1-13-7-9-25(10-8-13)18(28)12-26-17(27)6-5-16(23-26)20-22-19(24-29-20)14-3-2-4-15(21)11-14/h2-6,11,13H,7-10,12H2,1H3. The second-order valence-corrected chi connectivity index (χ2v) is 7.65. The van der Waals surface area contributed by atoms with E-state index in [4.69, 9.17) is 16.1 Å². The van der Waals surface area contributed by atoms with E-state index in [0.29, 0.717) is 41.1 Å². The summed E-state index contributed by atoms with van der Waals surface area (Å²) in [7, 11) is 0. The van der Waals surface area contributed by atoms with Crippen LogP contribution in [0.4, 0.5) is 0 Å². The number of likely N-dealkylation sites (tertiary alicyclic amines) is 1. The van der Waals surface area contributed by atoms with Crippen molar-refractivity contribution in [2.24, 2.45) is 5.92 Å². The lowest BCUT2D eigenvalue weighted by Crippen LogP contribution is -2.41. The van der Waals surface area contributed by atoms with Crippen molar-refractivity contribution < 1.29 is 9.32 Å². The Hall–Kier alpha value is -3.00. The zero-order valence-corrected chi connectivity index (χ0v) is 16.7. The van der Waals surface area contributed by atoms with Gasteiger partial charge in [-0.15, -0.1) is 0 Å². The van der Waals surface area contributed by atoms with E-state index in [1.54, 1.807) is 23.1 Å². The summed E-state index contributed by atoms with van der Waals surface area (Å²) in [5.41, 5.74) is 0.669. The largest absolute Gasteiger partial charge is 0.341 e. The smallest absolute Gasteiger partial charge is 0.278 e. The first-order valence-electron chi connectivity index (χ1n) is 9.45. The first-order chi connectivity index (χ1) is 14.0. The van der Waals surface area contributed by atoms with Gasteiger partial charge in [0.1, 0.15) is 12.2 Å². The summed E-state index contributed by atoms with van der Waals surface area (Å²) in [6.45, 7) is 3.48. The fourth-order valence-electron chi connectivity index (χ4n) is 3.23. The topological polar surface area (TPSA) is 94.1 Å². The molecule has 1 aromatic carbocycles. The number of carbonyl (C=O) groups is 1. The Bertz CT molecular complexity index is 1090. The van der Waals surface area contributed by atoms with Gasteiger partial charge in [-0.2, -0.15) is 10.1 Å².